The average Bonchev–Trinajstić information content (AvgIpc) is 2.50. The zero-order valence-electron chi connectivity index (χ0n) is 12.9. The van der Waals surface area contributed by atoms with Gasteiger partial charge in [-0.25, -0.2) is 4.79 Å². The number of halogens is 1. The Labute approximate surface area is 136 Å². The number of carbonyl (C=O) groups excluding carboxylic acids is 2. The smallest absolute Gasteiger partial charge is 0.408 e. The van der Waals surface area contributed by atoms with Crippen LogP contribution in [-0.4, -0.2) is 18.5 Å². The normalized spacial score (nSPS) is 21.5. The molecule has 1 saturated carbocycles. The zero-order chi connectivity index (χ0) is 16.0. The van der Waals surface area contributed by atoms with Gasteiger partial charge in [-0.2, -0.15) is 0 Å². The van der Waals surface area contributed by atoms with Crippen LogP contribution in [-0.2, 0) is 15.1 Å². The molecule has 1 aromatic carbocycles. The van der Waals surface area contributed by atoms with Crippen molar-refractivity contribution in [2.45, 2.75) is 51.0 Å². The summed E-state index contributed by atoms with van der Waals surface area (Å²) in [4.78, 5) is 24.7. The number of carbonyl (C=O) groups is 2. The Morgan fingerprint density at radius 1 is 1.36 bits per heavy atom. The van der Waals surface area contributed by atoms with Crippen LogP contribution in [0, 0.1) is 0 Å². The number of ether oxygens (including phenoxy) is 1. The van der Waals surface area contributed by atoms with Crippen molar-refractivity contribution >= 4 is 23.5 Å². The molecule has 0 heterocycles. The van der Waals surface area contributed by atoms with E-state index in [1.54, 1.807) is 12.1 Å². The number of amides is 1. The van der Waals surface area contributed by atoms with Crippen molar-refractivity contribution in [3.05, 3.63) is 34.9 Å². The molecule has 1 aromatic rings. The van der Waals surface area contributed by atoms with Crippen molar-refractivity contribution in [3.63, 3.8) is 0 Å². The monoisotopic (exact) mass is 323 g/mol. The maximum absolute atomic E-state index is 12.6. The summed E-state index contributed by atoms with van der Waals surface area (Å²) >= 11 is 6.28. The van der Waals surface area contributed by atoms with E-state index in [9.17, 15) is 9.59 Å². The lowest BCUT2D eigenvalue weighted by Gasteiger charge is -2.37. The molecule has 1 atom stereocenters. The lowest BCUT2D eigenvalue weighted by atomic mass is 9.75. The molecule has 1 amide bonds. The van der Waals surface area contributed by atoms with Crippen LogP contribution in [0.1, 0.15) is 51.0 Å². The van der Waals surface area contributed by atoms with E-state index in [4.69, 9.17) is 16.3 Å². The Bertz CT molecular complexity index is 546. The summed E-state index contributed by atoms with van der Waals surface area (Å²) in [6, 6.07) is 7.18. The van der Waals surface area contributed by atoms with Crippen LogP contribution in [0.25, 0.3) is 0 Å². The average molecular weight is 324 g/mol. The van der Waals surface area contributed by atoms with Crippen LogP contribution in [0.3, 0.4) is 0 Å². The van der Waals surface area contributed by atoms with Crippen molar-refractivity contribution in [1.82, 2.24) is 5.32 Å². The molecule has 5 heteroatoms. The molecule has 120 valence electrons. The Hall–Kier alpha value is -1.55. The van der Waals surface area contributed by atoms with Gasteiger partial charge in [0.05, 0.1) is 6.61 Å². The summed E-state index contributed by atoms with van der Waals surface area (Å²) in [5.74, 6) is -0.000656. The fourth-order valence-electron chi connectivity index (χ4n) is 2.84. The van der Waals surface area contributed by atoms with Crippen LogP contribution < -0.4 is 5.32 Å². The Morgan fingerprint density at radius 2 is 2.14 bits per heavy atom. The number of hydrogen-bond acceptors (Lipinski definition) is 3. The zero-order valence-corrected chi connectivity index (χ0v) is 13.6. The van der Waals surface area contributed by atoms with Gasteiger partial charge in [-0.15, -0.1) is 0 Å². The maximum atomic E-state index is 12.6. The maximum Gasteiger partial charge on any atom is 0.408 e. The van der Waals surface area contributed by atoms with Gasteiger partial charge in [-0.3, -0.25) is 4.79 Å². The minimum atomic E-state index is -1.06. The minimum Gasteiger partial charge on any atom is -0.450 e. The van der Waals surface area contributed by atoms with Crippen molar-refractivity contribution in [2.24, 2.45) is 0 Å². The van der Waals surface area contributed by atoms with Gasteiger partial charge in [0.2, 0.25) is 0 Å². The second-order valence-electron chi connectivity index (χ2n) is 5.63. The summed E-state index contributed by atoms with van der Waals surface area (Å²) in [6.07, 6.45) is 3.91. The van der Waals surface area contributed by atoms with E-state index in [1.807, 2.05) is 19.1 Å². The standard InChI is InChI=1S/C17H22ClNO3/c1-2-3-12-22-16(21)19-17(11-7-6-10-15(17)20)13-8-4-5-9-14(13)18/h4-5,8-9H,2-3,6-7,10-12H2,1H3,(H,19,21). The predicted molar refractivity (Wildman–Crippen MR) is 86.0 cm³/mol. The molecule has 1 unspecified atom stereocenters. The van der Waals surface area contributed by atoms with Crippen LogP contribution >= 0.6 is 11.6 Å². The van der Waals surface area contributed by atoms with Crippen LogP contribution in [0.5, 0.6) is 0 Å². The van der Waals surface area contributed by atoms with Gasteiger partial charge >= 0.3 is 6.09 Å². The first-order chi connectivity index (χ1) is 10.6. The van der Waals surface area contributed by atoms with Crippen LogP contribution in [0.15, 0.2) is 24.3 Å². The Kier molecular flexibility index (Phi) is 5.83. The topological polar surface area (TPSA) is 55.4 Å². The van der Waals surface area contributed by atoms with Gasteiger partial charge in [0.15, 0.2) is 5.78 Å². The third-order valence-corrected chi connectivity index (χ3v) is 4.39. The first kappa shape index (κ1) is 16.8. The van der Waals surface area contributed by atoms with Crippen LogP contribution in [0.4, 0.5) is 4.79 Å². The van der Waals surface area contributed by atoms with E-state index >= 15 is 0 Å². The molecule has 0 spiro atoms. The SMILES string of the molecule is CCCCOC(=O)NC1(c2ccccc2Cl)CCCCC1=O. The molecule has 0 aromatic heterocycles. The molecule has 0 saturated heterocycles. The first-order valence-corrected chi connectivity index (χ1v) is 8.21. The molecule has 22 heavy (non-hydrogen) atoms. The number of ketones is 1. The quantitative estimate of drug-likeness (QED) is 0.826. The number of hydrogen-bond donors (Lipinski definition) is 1. The van der Waals surface area contributed by atoms with E-state index in [-0.39, 0.29) is 5.78 Å². The third kappa shape index (κ3) is 3.61. The molecule has 1 N–H and O–H groups in total. The van der Waals surface area contributed by atoms with Crippen molar-refractivity contribution in [1.29, 1.82) is 0 Å². The van der Waals surface area contributed by atoms with Gasteiger partial charge in [0, 0.05) is 17.0 Å². The number of unbranched alkanes of at least 4 members (excludes halogenated alkanes) is 1. The van der Waals surface area contributed by atoms with E-state index in [2.05, 4.69) is 5.32 Å². The highest BCUT2D eigenvalue weighted by Gasteiger charge is 2.44. The van der Waals surface area contributed by atoms with Crippen molar-refractivity contribution in [2.75, 3.05) is 6.61 Å². The van der Waals surface area contributed by atoms with Gasteiger partial charge in [0.25, 0.3) is 0 Å². The molecule has 1 aliphatic carbocycles. The van der Waals surface area contributed by atoms with E-state index in [0.717, 1.165) is 25.7 Å². The summed E-state index contributed by atoms with van der Waals surface area (Å²) in [6.45, 7) is 2.38. The number of benzene rings is 1. The summed E-state index contributed by atoms with van der Waals surface area (Å²) in [5, 5.41) is 3.30. The first-order valence-electron chi connectivity index (χ1n) is 7.83. The summed E-state index contributed by atoms with van der Waals surface area (Å²) in [7, 11) is 0. The predicted octanol–water partition coefficient (Wildman–Crippen LogP) is 4.20. The Morgan fingerprint density at radius 3 is 2.82 bits per heavy atom. The van der Waals surface area contributed by atoms with Gasteiger partial charge in [0.1, 0.15) is 5.54 Å². The largest absolute Gasteiger partial charge is 0.450 e. The highest BCUT2D eigenvalue weighted by Crippen LogP contribution is 2.38. The molecule has 0 radical (unpaired) electrons. The molecule has 4 nitrogen and oxygen atoms in total. The van der Waals surface area contributed by atoms with E-state index in [1.165, 1.54) is 0 Å². The highest BCUT2D eigenvalue weighted by molar-refractivity contribution is 6.31. The number of rotatable bonds is 5. The lowest BCUT2D eigenvalue weighted by Crippen LogP contribution is -2.53. The Balaban J connectivity index is 2.25. The van der Waals surface area contributed by atoms with E-state index < -0.39 is 11.6 Å². The summed E-state index contributed by atoms with van der Waals surface area (Å²) in [5.41, 5.74) is -0.395. The molecule has 2 rings (SSSR count). The lowest BCUT2D eigenvalue weighted by molar-refractivity contribution is -0.127. The van der Waals surface area contributed by atoms with Crippen molar-refractivity contribution < 1.29 is 14.3 Å². The van der Waals surface area contributed by atoms with Gasteiger partial charge in [-0.1, -0.05) is 43.1 Å². The molecule has 0 aliphatic heterocycles. The second kappa shape index (κ2) is 7.63. The van der Waals surface area contributed by atoms with E-state index in [0.29, 0.717) is 30.0 Å². The molecular weight excluding hydrogens is 302 g/mol. The molecule has 1 fully saturated rings. The third-order valence-electron chi connectivity index (χ3n) is 4.06. The molecule has 1 aliphatic rings. The summed E-state index contributed by atoms with van der Waals surface area (Å²) < 4.78 is 5.17. The number of alkyl carbamates (subject to hydrolysis) is 1. The molecular formula is C17H22ClNO3. The van der Waals surface area contributed by atoms with Gasteiger partial charge < -0.3 is 10.1 Å². The number of Topliss-reactive ketones (excluding diaryl/α,β-unsaturated/α-hetero) is 1. The van der Waals surface area contributed by atoms with Crippen molar-refractivity contribution in [3.8, 4) is 0 Å². The fraction of sp³-hybridized carbons (Fsp3) is 0.529. The van der Waals surface area contributed by atoms with Gasteiger partial charge in [-0.05, 0) is 31.7 Å². The highest BCUT2D eigenvalue weighted by atomic mass is 35.5. The number of nitrogens with one attached hydrogen (secondary N) is 1. The van der Waals surface area contributed by atoms with Crippen LogP contribution in [0.2, 0.25) is 5.02 Å². The fourth-order valence-corrected chi connectivity index (χ4v) is 3.14. The molecule has 0 bridgehead atoms. The second-order valence-corrected chi connectivity index (χ2v) is 6.04. The minimum absolute atomic E-state index is 0.000656.